The van der Waals surface area contributed by atoms with E-state index in [1.54, 1.807) is 0 Å². The lowest BCUT2D eigenvalue weighted by Gasteiger charge is -2.18. The summed E-state index contributed by atoms with van der Waals surface area (Å²) in [5.74, 6) is -0.957. The highest BCUT2D eigenvalue weighted by Gasteiger charge is 2.16. The van der Waals surface area contributed by atoms with E-state index in [0.29, 0.717) is 0 Å². The van der Waals surface area contributed by atoms with E-state index in [9.17, 15) is 9.18 Å². The number of carbonyl (C=O) groups excluding carboxylic acids is 1. The summed E-state index contributed by atoms with van der Waals surface area (Å²) in [6.07, 6.45) is 0. The van der Waals surface area contributed by atoms with Crippen LogP contribution in [0.15, 0.2) is 36.4 Å². The standard InChI is InChI=1S/C17H19FN2O/c1-10-7-8-13(11(2)9-10)12(3)20-17(21)14-5-4-6-15(18)16(14)19/h4-9,12H,19H2,1-3H3,(H,20,21). The van der Waals surface area contributed by atoms with Crippen LogP contribution in [0.3, 0.4) is 0 Å². The van der Waals surface area contributed by atoms with E-state index < -0.39 is 5.82 Å². The molecule has 0 aliphatic carbocycles. The molecular weight excluding hydrogens is 267 g/mol. The molecule has 0 fully saturated rings. The first kappa shape index (κ1) is 15.0. The zero-order chi connectivity index (χ0) is 15.6. The predicted octanol–water partition coefficient (Wildman–Crippen LogP) is 3.52. The van der Waals surface area contributed by atoms with Gasteiger partial charge in [0.2, 0.25) is 0 Å². The fourth-order valence-electron chi connectivity index (χ4n) is 2.40. The van der Waals surface area contributed by atoms with Crippen molar-refractivity contribution in [3.8, 4) is 0 Å². The summed E-state index contributed by atoms with van der Waals surface area (Å²) < 4.78 is 13.4. The Kier molecular flexibility index (Phi) is 4.26. The summed E-state index contributed by atoms with van der Waals surface area (Å²) in [4.78, 5) is 12.2. The Morgan fingerprint density at radius 2 is 1.95 bits per heavy atom. The second-order valence-corrected chi connectivity index (χ2v) is 5.26. The zero-order valence-corrected chi connectivity index (χ0v) is 12.4. The van der Waals surface area contributed by atoms with E-state index in [0.717, 1.165) is 11.1 Å². The minimum atomic E-state index is -0.582. The second-order valence-electron chi connectivity index (χ2n) is 5.26. The fourth-order valence-corrected chi connectivity index (χ4v) is 2.40. The maximum Gasteiger partial charge on any atom is 0.253 e. The minimum Gasteiger partial charge on any atom is -0.396 e. The van der Waals surface area contributed by atoms with Crippen LogP contribution in [0.25, 0.3) is 0 Å². The molecule has 3 nitrogen and oxygen atoms in total. The molecule has 1 amide bonds. The van der Waals surface area contributed by atoms with Gasteiger partial charge in [-0.05, 0) is 44.0 Å². The number of anilines is 1. The fraction of sp³-hybridized carbons (Fsp3) is 0.235. The Balaban J connectivity index is 2.21. The Bertz CT molecular complexity index is 682. The average molecular weight is 286 g/mol. The molecule has 0 aliphatic rings. The number of carbonyl (C=O) groups is 1. The highest BCUT2D eigenvalue weighted by molar-refractivity contribution is 5.99. The highest BCUT2D eigenvalue weighted by Crippen LogP contribution is 2.21. The first-order valence-electron chi connectivity index (χ1n) is 6.82. The number of halogens is 1. The minimum absolute atomic E-state index is 0.122. The second kappa shape index (κ2) is 5.95. The van der Waals surface area contributed by atoms with Gasteiger partial charge in [-0.1, -0.05) is 29.8 Å². The molecule has 0 aliphatic heterocycles. The summed E-state index contributed by atoms with van der Waals surface area (Å²) in [6, 6.07) is 10.1. The maximum absolute atomic E-state index is 13.4. The molecule has 2 rings (SSSR count). The van der Waals surface area contributed by atoms with Gasteiger partial charge < -0.3 is 11.1 Å². The Hall–Kier alpha value is -2.36. The van der Waals surface area contributed by atoms with Crippen molar-refractivity contribution in [1.82, 2.24) is 5.32 Å². The number of para-hydroxylation sites is 1. The number of rotatable bonds is 3. The molecule has 0 radical (unpaired) electrons. The number of nitrogen functional groups attached to an aromatic ring is 1. The quantitative estimate of drug-likeness (QED) is 0.848. The SMILES string of the molecule is Cc1ccc(C(C)NC(=O)c2cccc(F)c2N)c(C)c1. The summed E-state index contributed by atoms with van der Waals surface area (Å²) in [5, 5.41) is 2.86. The molecule has 2 aromatic carbocycles. The Morgan fingerprint density at radius 1 is 1.24 bits per heavy atom. The molecule has 0 bridgehead atoms. The van der Waals surface area contributed by atoms with Gasteiger partial charge in [-0.2, -0.15) is 0 Å². The summed E-state index contributed by atoms with van der Waals surface area (Å²) in [7, 11) is 0. The number of nitrogens with one attached hydrogen (secondary N) is 1. The van der Waals surface area contributed by atoms with Crippen molar-refractivity contribution in [2.45, 2.75) is 26.8 Å². The molecule has 0 heterocycles. The largest absolute Gasteiger partial charge is 0.396 e. The van der Waals surface area contributed by atoms with Crippen molar-refractivity contribution in [1.29, 1.82) is 0 Å². The van der Waals surface area contributed by atoms with Crippen molar-refractivity contribution in [2.75, 3.05) is 5.73 Å². The normalized spacial score (nSPS) is 12.0. The molecule has 2 aromatic rings. The number of amides is 1. The van der Waals surface area contributed by atoms with Crippen molar-refractivity contribution in [3.05, 3.63) is 64.5 Å². The van der Waals surface area contributed by atoms with Crippen LogP contribution in [0.4, 0.5) is 10.1 Å². The van der Waals surface area contributed by atoms with E-state index in [4.69, 9.17) is 5.73 Å². The third-order valence-corrected chi connectivity index (χ3v) is 3.54. The van der Waals surface area contributed by atoms with Gasteiger partial charge in [-0.3, -0.25) is 4.79 Å². The lowest BCUT2D eigenvalue weighted by atomic mass is 10.00. The molecule has 0 saturated heterocycles. The van der Waals surface area contributed by atoms with Gasteiger partial charge in [0, 0.05) is 0 Å². The Labute approximate surface area is 124 Å². The predicted molar refractivity (Wildman–Crippen MR) is 82.6 cm³/mol. The number of hydrogen-bond acceptors (Lipinski definition) is 2. The first-order chi connectivity index (χ1) is 9.90. The zero-order valence-electron chi connectivity index (χ0n) is 12.4. The first-order valence-corrected chi connectivity index (χ1v) is 6.82. The summed E-state index contributed by atoms with van der Waals surface area (Å²) in [5.41, 5.74) is 8.96. The molecular formula is C17H19FN2O. The number of aryl methyl sites for hydroxylation is 2. The van der Waals surface area contributed by atoms with E-state index in [-0.39, 0.29) is 23.2 Å². The average Bonchev–Trinajstić information content (AvgIpc) is 2.41. The third kappa shape index (κ3) is 3.21. The molecule has 0 spiro atoms. The van der Waals surface area contributed by atoms with Gasteiger partial charge in [0.25, 0.3) is 5.91 Å². The van der Waals surface area contributed by atoms with Crippen LogP contribution in [0.5, 0.6) is 0 Å². The van der Waals surface area contributed by atoms with E-state index in [1.807, 2.05) is 32.9 Å². The Morgan fingerprint density at radius 3 is 2.62 bits per heavy atom. The van der Waals surface area contributed by atoms with E-state index >= 15 is 0 Å². The molecule has 21 heavy (non-hydrogen) atoms. The lowest BCUT2D eigenvalue weighted by Crippen LogP contribution is -2.28. The van der Waals surface area contributed by atoms with Crippen LogP contribution in [-0.2, 0) is 0 Å². The third-order valence-electron chi connectivity index (χ3n) is 3.54. The smallest absolute Gasteiger partial charge is 0.253 e. The molecule has 0 saturated carbocycles. The molecule has 4 heteroatoms. The van der Waals surface area contributed by atoms with Gasteiger partial charge in [0.1, 0.15) is 5.82 Å². The summed E-state index contributed by atoms with van der Waals surface area (Å²) in [6.45, 7) is 5.92. The number of nitrogens with two attached hydrogens (primary N) is 1. The molecule has 3 N–H and O–H groups in total. The van der Waals surface area contributed by atoms with Crippen LogP contribution in [0, 0.1) is 19.7 Å². The number of hydrogen-bond donors (Lipinski definition) is 2. The van der Waals surface area contributed by atoms with Gasteiger partial charge in [-0.25, -0.2) is 4.39 Å². The lowest BCUT2D eigenvalue weighted by molar-refractivity contribution is 0.0940. The van der Waals surface area contributed by atoms with Gasteiger partial charge in [0.05, 0.1) is 17.3 Å². The molecule has 1 unspecified atom stereocenters. The van der Waals surface area contributed by atoms with Crippen LogP contribution in [0.1, 0.15) is 40.0 Å². The van der Waals surface area contributed by atoms with Gasteiger partial charge >= 0.3 is 0 Å². The summed E-state index contributed by atoms with van der Waals surface area (Å²) >= 11 is 0. The van der Waals surface area contributed by atoms with Crippen LogP contribution in [-0.4, -0.2) is 5.91 Å². The van der Waals surface area contributed by atoms with Crippen LogP contribution in [0.2, 0.25) is 0 Å². The van der Waals surface area contributed by atoms with Crippen molar-refractivity contribution >= 4 is 11.6 Å². The highest BCUT2D eigenvalue weighted by atomic mass is 19.1. The monoisotopic (exact) mass is 286 g/mol. The van der Waals surface area contributed by atoms with Crippen molar-refractivity contribution in [3.63, 3.8) is 0 Å². The maximum atomic E-state index is 13.4. The van der Waals surface area contributed by atoms with Crippen LogP contribution >= 0.6 is 0 Å². The molecule has 110 valence electrons. The molecule has 0 aromatic heterocycles. The van der Waals surface area contributed by atoms with Gasteiger partial charge in [-0.15, -0.1) is 0 Å². The molecule has 1 atom stereocenters. The van der Waals surface area contributed by atoms with Crippen LogP contribution < -0.4 is 11.1 Å². The van der Waals surface area contributed by atoms with E-state index in [1.165, 1.54) is 23.8 Å². The van der Waals surface area contributed by atoms with Crippen molar-refractivity contribution < 1.29 is 9.18 Å². The van der Waals surface area contributed by atoms with Gasteiger partial charge in [0.15, 0.2) is 0 Å². The number of benzene rings is 2. The topological polar surface area (TPSA) is 55.1 Å². The van der Waals surface area contributed by atoms with Crippen molar-refractivity contribution in [2.24, 2.45) is 0 Å². The van der Waals surface area contributed by atoms with E-state index in [2.05, 4.69) is 11.4 Å².